The van der Waals surface area contributed by atoms with Gasteiger partial charge in [0, 0.05) is 26.3 Å². The van der Waals surface area contributed by atoms with Gasteiger partial charge in [0.05, 0.1) is 0 Å². The molecule has 1 aliphatic rings. The first-order valence-electron chi connectivity index (χ1n) is 5.94. The summed E-state index contributed by atoms with van der Waals surface area (Å²) in [4.78, 5) is 11.0. The Hall–Kier alpha value is -1.32. The number of anilines is 2. The van der Waals surface area contributed by atoms with Crippen molar-refractivity contribution >= 4 is 11.8 Å². The second kappa shape index (κ2) is 4.68. The number of aromatic nitrogens is 2. The molecule has 1 fully saturated rings. The maximum atomic E-state index is 4.49. The molecule has 0 radical (unpaired) electrons. The standard InChI is InChI=1S/C12H20N4/c1-9-6-10(2)8-16(7-9)11-4-5-14-12(13-3)15-11/h4-5,9-10H,6-8H2,1-3H3,(H,13,14,15). The molecule has 1 N–H and O–H groups in total. The van der Waals surface area contributed by atoms with E-state index in [0.29, 0.717) is 5.95 Å². The SMILES string of the molecule is CNc1nccc(N2CC(C)CC(C)C2)n1. The van der Waals surface area contributed by atoms with Crippen LogP contribution in [0.5, 0.6) is 0 Å². The van der Waals surface area contributed by atoms with Crippen molar-refractivity contribution in [1.82, 2.24) is 9.97 Å². The van der Waals surface area contributed by atoms with Crippen LogP contribution in [0.25, 0.3) is 0 Å². The Kier molecular flexibility index (Phi) is 3.27. The molecule has 1 aromatic heterocycles. The molecule has 2 heterocycles. The normalized spacial score (nSPS) is 25.6. The Labute approximate surface area is 97.1 Å². The van der Waals surface area contributed by atoms with E-state index in [4.69, 9.17) is 0 Å². The molecular formula is C12H20N4. The number of nitrogens with zero attached hydrogens (tertiary/aromatic N) is 3. The van der Waals surface area contributed by atoms with Gasteiger partial charge >= 0.3 is 0 Å². The Bertz CT molecular complexity index is 343. The van der Waals surface area contributed by atoms with Gasteiger partial charge in [-0.15, -0.1) is 0 Å². The Morgan fingerprint density at radius 3 is 2.62 bits per heavy atom. The summed E-state index contributed by atoms with van der Waals surface area (Å²) >= 11 is 0. The molecule has 0 bridgehead atoms. The number of piperidine rings is 1. The van der Waals surface area contributed by atoms with E-state index < -0.39 is 0 Å². The van der Waals surface area contributed by atoms with Crippen LogP contribution in [-0.4, -0.2) is 30.1 Å². The molecule has 16 heavy (non-hydrogen) atoms. The first-order chi connectivity index (χ1) is 7.69. The molecule has 0 amide bonds. The lowest BCUT2D eigenvalue weighted by Gasteiger charge is -2.35. The van der Waals surface area contributed by atoms with Gasteiger partial charge in [-0.3, -0.25) is 0 Å². The summed E-state index contributed by atoms with van der Waals surface area (Å²) in [6.07, 6.45) is 3.14. The number of nitrogens with one attached hydrogen (secondary N) is 1. The van der Waals surface area contributed by atoms with Crippen LogP contribution in [0.4, 0.5) is 11.8 Å². The van der Waals surface area contributed by atoms with Crippen molar-refractivity contribution in [2.45, 2.75) is 20.3 Å². The second-order valence-corrected chi connectivity index (χ2v) is 4.84. The van der Waals surface area contributed by atoms with Crippen LogP contribution < -0.4 is 10.2 Å². The Morgan fingerprint density at radius 1 is 1.31 bits per heavy atom. The molecule has 0 spiro atoms. The summed E-state index contributed by atoms with van der Waals surface area (Å²) in [5, 5.41) is 2.98. The van der Waals surface area contributed by atoms with Crippen LogP contribution in [-0.2, 0) is 0 Å². The van der Waals surface area contributed by atoms with Gasteiger partial charge in [0.25, 0.3) is 0 Å². The van der Waals surface area contributed by atoms with Gasteiger partial charge in [-0.25, -0.2) is 4.98 Å². The van der Waals surface area contributed by atoms with E-state index in [2.05, 4.69) is 34.0 Å². The molecule has 4 nitrogen and oxygen atoms in total. The highest BCUT2D eigenvalue weighted by atomic mass is 15.2. The summed E-state index contributed by atoms with van der Waals surface area (Å²) in [7, 11) is 1.85. The van der Waals surface area contributed by atoms with Crippen LogP contribution in [0.3, 0.4) is 0 Å². The van der Waals surface area contributed by atoms with Crippen molar-refractivity contribution in [1.29, 1.82) is 0 Å². The number of hydrogen-bond acceptors (Lipinski definition) is 4. The first kappa shape index (κ1) is 11.2. The highest BCUT2D eigenvalue weighted by Gasteiger charge is 2.22. The maximum absolute atomic E-state index is 4.49. The second-order valence-electron chi connectivity index (χ2n) is 4.84. The largest absolute Gasteiger partial charge is 0.357 e. The first-order valence-corrected chi connectivity index (χ1v) is 5.94. The number of hydrogen-bond donors (Lipinski definition) is 1. The van der Waals surface area contributed by atoms with Gasteiger partial charge in [0.2, 0.25) is 5.95 Å². The fraction of sp³-hybridized carbons (Fsp3) is 0.667. The molecule has 2 unspecified atom stereocenters. The predicted molar refractivity (Wildman–Crippen MR) is 66.7 cm³/mol. The van der Waals surface area contributed by atoms with Gasteiger partial charge < -0.3 is 10.2 Å². The summed E-state index contributed by atoms with van der Waals surface area (Å²) in [6.45, 7) is 6.82. The van der Waals surface area contributed by atoms with E-state index >= 15 is 0 Å². The van der Waals surface area contributed by atoms with Gasteiger partial charge in [0.1, 0.15) is 5.82 Å². The van der Waals surface area contributed by atoms with Crippen molar-refractivity contribution in [3.63, 3.8) is 0 Å². The monoisotopic (exact) mass is 220 g/mol. The zero-order chi connectivity index (χ0) is 11.5. The van der Waals surface area contributed by atoms with Gasteiger partial charge in [0.15, 0.2) is 0 Å². The minimum Gasteiger partial charge on any atom is -0.357 e. The van der Waals surface area contributed by atoms with Gasteiger partial charge in [-0.05, 0) is 24.3 Å². The highest BCUT2D eigenvalue weighted by Crippen LogP contribution is 2.25. The third-order valence-electron chi connectivity index (χ3n) is 3.06. The fourth-order valence-corrected chi connectivity index (χ4v) is 2.50. The van der Waals surface area contributed by atoms with Crippen LogP contribution in [0.1, 0.15) is 20.3 Å². The topological polar surface area (TPSA) is 41.1 Å². The molecule has 0 saturated carbocycles. The molecule has 1 saturated heterocycles. The number of rotatable bonds is 2. The van der Waals surface area contributed by atoms with E-state index in [9.17, 15) is 0 Å². The van der Waals surface area contributed by atoms with E-state index in [0.717, 1.165) is 30.7 Å². The van der Waals surface area contributed by atoms with Crippen LogP contribution in [0, 0.1) is 11.8 Å². The minimum atomic E-state index is 0.698. The van der Waals surface area contributed by atoms with Crippen LogP contribution in [0.15, 0.2) is 12.3 Å². The van der Waals surface area contributed by atoms with Crippen molar-refractivity contribution < 1.29 is 0 Å². The van der Waals surface area contributed by atoms with E-state index in [1.54, 1.807) is 0 Å². The van der Waals surface area contributed by atoms with Crippen LogP contribution in [0.2, 0.25) is 0 Å². The molecular weight excluding hydrogens is 200 g/mol. The lowest BCUT2D eigenvalue weighted by atomic mass is 9.92. The lowest BCUT2D eigenvalue weighted by molar-refractivity contribution is 0.355. The summed E-state index contributed by atoms with van der Waals surface area (Å²) in [5.74, 6) is 3.23. The van der Waals surface area contributed by atoms with Gasteiger partial charge in [-0.1, -0.05) is 13.8 Å². The Balaban J connectivity index is 2.16. The summed E-state index contributed by atoms with van der Waals surface area (Å²) in [5.41, 5.74) is 0. The average molecular weight is 220 g/mol. The van der Waals surface area contributed by atoms with Crippen molar-refractivity contribution in [2.75, 3.05) is 30.4 Å². The molecule has 1 aromatic rings. The smallest absolute Gasteiger partial charge is 0.224 e. The van der Waals surface area contributed by atoms with Crippen LogP contribution >= 0.6 is 0 Å². The highest BCUT2D eigenvalue weighted by molar-refractivity contribution is 5.42. The van der Waals surface area contributed by atoms with E-state index in [1.165, 1.54) is 6.42 Å². The minimum absolute atomic E-state index is 0.698. The molecule has 1 aliphatic heterocycles. The zero-order valence-corrected chi connectivity index (χ0v) is 10.3. The molecule has 0 aliphatic carbocycles. The van der Waals surface area contributed by atoms with Crippen molar-refractivity contribution in [3.05, 3.63) is 12.3 Å². The molecule has 0 aromatic carbocycles. The molecule has 88 valence electrons. The maximum Gasteiger partial charge on any atom is 0.224 e. The zero-order valence-electron chi connectivity index (χ0n) is 10.3. The van der Waals surface area contributed by atoms with Crippen molar-refractivity contribution in [2.24, 2.45) is 11.8 Å². The van der Waals surface area contributed by atoms with E-state index in [-0.39, 0.29) is 0 Å². The Morgan fingerprint density at radius 2 is 2.00 bits per heavy atom. The third-order valence-corrected chi connectivity index (χ3v) is 3.06. The molecule has 2 rings (SSSR count). The quantitative estimate of drug-likeness (QED) is 0.827. The van der Waals surface area contributed by atoms with E-state index in [1.807, 2.05) is 19.3 Å². The predicted octanol–water partition coefficient (Wildman–Crippen LogP) is 2.00. The van der Waals surface area contributed by atoms with Crippen molar-refractivity contribution in [3.8, 4) is 0 Å². The fourth-order valence-electron chi connectivity index (χ4n) is 2.50. The third kappa shape index (κ3) is 2.43. The summed E-state index contributed by atoms with van der Waals surface area (Å²) < 4.78 is 0. The van der Waals surface area contributed by atoms with Gasteiger partial charge in [-0.2, -0.15) is 4.98 Å². The molecule has 4 heteroatoms. The lowest BCUT2D eigenvalue weighted by Crippen LogP contribution is -2.39. The average Bonchev–Trinajstić information content (AvgIpc) is 2.28. The summed E-state index contributed by atoms with van der Waals surface area (Å²) in [6, 6.07) is 1.99. The molecule has 2 atom stereocenters.